The molecule has 11 heteroatoms. The quantitative estimate of drug-likeness (QED) is 0.324. The van der Waals surface area contributed by atoms with Crippen LogP contribution in [-0.2, 0) is 11.8 Å². The summed E-state index contributed by atoms with van der Waals surface area (Å²) in [5.41, 5.74) is 10.7. The minimum Gasteiger partial charge on any atom is -0.439 e. The molecular weight excluding hydrogens is 480 g/mol. The number of carbonyl (C=O) groups excluding carboxylic acids is 1. The highest BCUT2D eigenvalue weighted by atomic mass is 35.5. The van der Waals surface area contributed by atoms with Gasteiger partial charge in [-0.2, -0.15) is 15.5 Å². The molecule has 10 nitrogen and oxygen atoms in total. The van der Waals surface area contributed by atoms with Crippen molar-refractivity contribution in [3.05, 3.63) is 65.2 Å². The largest absolute Gasteiger partial charge is 0.439 e. The Kier molecular flexibility index (Phi) is 5.82. The van der Waals surface area contributed by atoms with Gasteiger partial charge in [0, 0.05) is 59.3 Å². The van der Waals surface area contributed by atoms with Crippen LogP contribution in [0.15, 0.2) is 54.0 Å². The SMILES string of the molecule is Cn1cc(-c2cnc3[nH]cc(C4NNC(=Nc5ccc(C(=O)NC6CCCC6)cc5Cl)O4)c3c2)cn1. The first-order chi connectivity index (χ1) is 17.5. The zero-order valence-electron chi connectivity index (χ0n) is 19.6. The van der Waals surface area contributed by atoms with Crippen LogP contribution >= 0.6 is 11.6 Å². The smallest absolute Gasteiger partial charge is 0.306 e. The lowest BCUT2D eigenvalue weighted by atomic mass is 10.1. The number of aliphatic imine (C=N–C) groups is 1. The maximum Gasteiger partial charge on any atom is 0.306 e. The van der Waals surface area contributed by atoms with E-state index in [4.69, 9.17) is 16.3 Å². The molecule has 3 aromatic heterocycles. The third-order valence-corrected chi connectivity index (χ3v) is 6.85. The second-order valence-corrected chi connectivity index (χ2v) is 9.48. The summed E-state index contributed by atoms with van der Waals surface area (Å²) in [5.74, 6) is -0.112. The van der Waals surface area contributed by atoms with Gasteiger partial charge in [-0.15, -0.1) is 0 Å². The molecule has 0 bridgehead atoms. The number of carbonyl (C=O) groups is 1. The van der Waals surface area contributed by atoms with Crippen molar-refractivity contribution in [3.63, 3.8) is 0 Å². The van der Waals surface area contributed by atoms with Crippen LogP contribution < -0.4 is 16.2 Å². The molecule has 1 saturated carbocycles. The maximum absolute atomic E-state index is 12.5. The van der Waals surface area contributed by atoms with Gasteiger partial charge in [0.25, 0.3) is 5.91 Å². The van der Waals surface area contributed by atoms with Crippen molar-refractivity contribution >= 4 is 40.3 Å². The molecule has 1 atom stereocenters. The summed E-state index contributed by atoms with van der Waals surface area (Å²) in [6, 6.07) is 7.65. The molecule has 1 aliphatic carbocycles. The fourth-order valence-corrected chi connectivity index (χ4v) is 4.87. The van der Waals surface area contributed by atoms with Gasteiger partial charge in [-0.3, -0.25) is 14.9 Å². The van der Waals surface area contributed by atoms with Gasteiger partial charge < -0.3 is 15.0 Å². The molecule has 1 aromatic carbocycles. The first kappa shape index (κ1) is 22.6. The molecule has 4 aromatic rings. The van der Waals surface area contributed by atoms with E-state index in [2.05, 4.69) is 42.3 Å². The van der Waals surface area contributed by atoms with Crippen LogP contribution in [0.5, 0.6) is 0 Å². The topological polar surface area (TPSA) is 121 Å². The number of pyridine rings is 1. The van der Waals surface area contributed by atoms with E-state index >= 15 is 0 Å². The first-order valence-electron chi connectivity index (χ1n) is 11.9. The summed E-state index contributed by atoms with van der Waals surface area (Å²) in [6.07, 6.45) is 11.3. The molecule has 1 amide bonds. The normalized spacial score (nSPS) is 19.1. The molecule has 36 heavy (non-hydrogen) atoms. The Morgan fingerprint density at radius 1 is 1.22 bits per heavy atom. The van der Waals surface area contributed by atoms with E-state index in [1.54, 1.807) is 29.1 Å². The Hall–Kier alpha value is -3.89. The Balaban J connectivity index is 1.19. The number of ether oxygens (including phenoxy) is 1. The summed E-state index contributed by atoms with van der Waals surface area (Å²) >= 11 is 6.45. The first-order valence-corrected chi connectivity index (χ1v) is 12.2. The van der Waals surface area contributed by atoms with Gasteiger partial charge in [-0.05, 0) is 37.1 Å². The van der Waals surface area contributed by atoms with Crippen LogP contribution in [0.4, 0.5) is 5.69 Å². The van der Waals surface area contributed by atoms with Crippen LogP contribution in [0.25, 0.3) is 22.2 Å². The van der Waals surface area contributed by atoms with E-state index in [9.17, 15) is 4.79 Å². The van der Waals surface area contributed by atoms with E-state index in [1.807, 2.05) is 25.6 Å². The molecule has 0 radical (unpaired) electrons. The van der Waals surface area contributed by atoms with Crippen molar-refractivity contribution in [1.29, 1.82) is 0 Å². The summed E-state index contributed by atoms with van der Waals surface area (Å²) in [7, 11) is 1.88. The number of amides is 1. The zero-order chi connectivity index (χ0) is 24.6. The van der Waals surface area contributed by atoms with Crippen molar-refractivity contribution in [2.24, 2.45) is 12.0 Å². The Labute approximate surface area is 212 Å². The minimum absolute atomic E-state index is 0.112. The number of aromatic amines is 1. The Morgan fingerprint density at radius 3 is 2.86 bits per heavy atom. The second-order valence-electron chi connectivity index (χ2n) is 9.07. The molecule has 2 aliphatic rings. The lowest BCUT2D eigenvalue weighted by Crippen LogP contribution is -2.32. The number of nitrogens with zero attached hydrogens (tertiary/aromatic N) is 4. The number of aryl methyl sites for hydroxylation is 1. The van der Waals surface area contributed by atoms with Crippen LogP contribution in [0.3, 0.4) is 0 Å². The van der Waals surface area contributed by atoms with Crippen LogP contribution in [0, 0.1) is 0 Å². The van der Waals surface area contributed by atoms with E-state index in [-0.39, 0.29) is 18.0 Å². The molecule has 1 unspecified atom stereocenters. The highest BCUT2D eigenvalue weighted by molar-refractivity contribution is 6.33. The molecule has 184 valence electrons. The van der Waals surface area contributed by atoms with Gasteiger partial charge in [0.15, 0.2) is 6.23 Å². The van der Waals surface area contributed by atoms with Crippen molar-refractivity contribution in [2.75, 3.05) is 0 Å². The molecule has 4 N–H and O–H groups in total. The molecule has 4 heterocycles. The summed E-state index contributed by atoms with van der Waals surface area (Å²) in [4.78, 5) is 24.8. The molecule has 2 fully saturated rings. The van der Waals surface area contributed by atoms with Crippen LogP contribution in [0.1, 0.15) is 47.8 Å². The van der Waals surface area contributed by atoms with Gasteiger partial charge in [0.2, 0.25) is 0 Å². The predicted octanol–water partition coefficient (Wildman–Crippen LogP) is 4.10. The number of H-pyrrole nitrogens is 1. The number of hydrogen-bond acceptors (Lipinski definition) is 6. The third kappa shape index (κ3) is 4.40. The number of hydrazine groups is 1. The van der Waals surface area contributed by atoms with Crippen molar-refractivity contribution in [2.45, 2.75) is 38.0 Å². The monoisotopic (exact) mass is 504 g/mol. The highest BCUT2D eigenvalue weighted by Gasteiger charge is 2.26. The van der Waals surface area contributed by atoms with Gasteiger partial charge in [-0.1, -0.05) is 24.4 Å². The highest BCUT2D eigenvalue weighted by Crippen LogP contribution is 2.31. The number of nitrogens with one attached hydrogen (secondary N) is 4. The van der Waals surface area contributed by atoms with Gasteiger partial charge in [0.05, 0.1) is 16.9 Å². The summed E-state index contributed by atoms with van der Waals surface area (Å²) < 4.78 is 7.77. The molecule has 0 spiro atoms. The fourth-order valence-electron chi connectivity index (χ4n) is 4.65. The minimum atomic E-state index is -0.487. The predicted molar refractivity (Wildman–Crippen MR) is 137 cm³/mol. The van der Waals surface area contributed by atoms with E-state index in [0.29, 0.717) is 16.3 Å². The standard InChI is InChI=1S/C25H25ClN8O2/c1-34-13-16(11-29-34)15-8-18-19(12-28-22(18)27-10-15)24-32-33-25(36-24)31-21-7-6-14(9-20(21)26)23(35)30-17-4-2-3-5-17/h6-13,17,24,32H,2-5H2,1H3,(H,27,28)(H,30,35)(H,31,33). The number of rotatable bonds is 5. The zero-order valence-corrected chi connectivity index (χ0v) is 20.3. The molecular formula is C25H25ClN8O2. The number of halogens is 1. The second kappa shape index (κ2) is 9.29. The number of benzene rings is 1. The van der Waals surface area contributed by atoms with Gasteiger partial charge in [0.1, 0.15) is 5.65 Å². The third-order valence-electron chi connectivity index (χ3n) is 6.55. The average Bonchev–Trinajstić information content (AvgIpc) is 3.67. The van der Waals surface area contributed by atoms with Gasteiger partial charge in [-0.25, -0.2) is 4.98 Å². The van der Waals surface area contributed by atoms with E-state index in [1.165, 1.54) is 0 Å². The number of amidine groups is 1. The van der Waals surface area contributed by atoms with Crippen LogP contribution in [-0.4, -0.2) is 37.7 Å². The molecule has 1 saturated heterocycles. The number of aromatic nitrogens is 4. The van der Waals surface area contributed by atoms with Crippen molar-refractivity contribution in [1.82, 2.24) is 35.9 Å². The van der Waals surface area contributed by atoms with Crippen molar-refractivity contribution in [3.8, 4) is 11.1 Å². The van der Waals surface area contributed by atoms with Crippen LogP contribution in [0.2, 0.25) is 5.02 Å². The number of fused-ring (bicyclic) bond motifs is 1. The lowest BCUT2D eigenvalue weighted by Gasteiger charge is -2.12. The Morgan fingerprint density at radius 2 is 2.08 bits per heavy atom. The fraction of sp³-hybridized carbons (Fsp3) is 0.280. The molecule has 6 rings (SSSR count). The maximum atomic E-state index is 12.5. The average molecular weight is 505 g/mol. The number of hydrogen-bond donors (Lipinski definition) is 4. The van der Waals surface area contributed by atoms with E-state index in [0.717, 1.165) is 53.4 Å². The summed E-state index contributed by atoms with van der Waals surface area (Å²) in [6.45, 7) is 0. The summed E-state index contributed by atoms with van der Waals surface area (Å²) in [5, 5.41) is 8.61. The lowest BCUT2D eigenvalue weighted by molar-refractivity contribution is 0.0938. The van der Waals surface area contributed by atoms with Crippen molar-refractivity contribution < 1.29 is 9.53 Å². The Bertz CT molecular complexity index is 1470. The van der Waals surface area contributed by atoms with E-state index < -0.39 is 6.23 Å². The van der Waals surface area contributed by atoms with Gasteiger partial charge >= 0.3 is 6.02 Å². The molecule has 1 aliphatic heterocycles.